The molecule has 0 N–H and O–H groups in total. The van der Waals surface area contributed by atoms with E-state index in [1.54, 1.807) is 25.5 Å². The number of aromatic nitrogens is 1. The summed E-state index contributed by atoms with van der Waals surface area (Å²) in [5.74, 6) is 0.861. The number of methoxy groups -OCH3 is 1. The van der Waals surface area contributed by atoms with Crippen LogP contribution in [0.1, 0.15) is 50.4 Å². The number of hydrogen-bond donors (Lipinski definition) is 0. The van der Waals surface area contributed by atoms with E-state index in [0.717, 1.165) is 16.9 Å². The van der Waals surface area contributed by atoms with E-state index < -0.39 is 12.0 Å². The predicted molar refractivity (Wildman–Crippen MR) is 149 cm³/mol. The summed E-state index contributed by atoms with van der Waals surface area (Å²) >= 11 is 1.28. The van der Waals surface area contributed by atoms with E-state index >= 15 is 0 Å². The Kier molecular flexibility index (Phi) is 8.32. The number of esters is 1. The van der Waals surface area contributed by atoms with Crippen LogP contribution >= 0.6 is 11.3 Å². The van der Waals surface area contributed by atoms with Gasteiger partial charge in [0, 0.05) is 5.56 Å². The number of benzene rings is 2. The minimum Gasteiger partial charge on any atom is -0.496 e. The van der Waals surface area contributed by atoms with Crippen LogP contribution in [0, 0.1) is 0 Å². The van der Waals surface area contributed by atoms with E-state index in [4.69, 9.17) is 14.2 Å². The molecule has 0 unspecified atom stereocenters. The van der Waals surface area contributed by atoms with E-state index in [0.29, 0.717) is 38.3 Å². The first-order chi connectivity index (χ1) is 18.3. The maximum Gasteiger partial charge on any atom is 0.338 e. The molecule has 0 spiro atoms. The second-order valence-electron chi connectivity index (χ2n) is 9.07. The number of para-hydroxylation sites is 1. The molecule has 1 atom stereocenters. The topological polar surface area (TPSA) is 79.1 Å². The summed E-state index contributed by atoms with van der Waals surface area (Å²) in [5, 5.41) is 0. The smallest absolute Gasteiger partial charge is 0.338 e. The molecule has 198 valence electrons. The highest BCUT2D eigenvalue weighted by Crippen LogP contribution is 2.36. The van der Waals surface area contributed by atoms with Gasteiger partial charge in [0.2, 0.25) is 0 Å². The standard InChI is InChI=1S/C30H32N2O5S/c1-7-11-21-16-20(14-15-23(21)35-6)17-25-28(33)32-27(22-12-9-10-13-24(22)37-18(3)4)26(29(34)36-8-2)19(5)31-30(32)38-25/h7,9-10,12-18,27H,1,8,11H2,2-6H3/b25-17+/t27-/m0/s1. The first-order valence-electron chi connectivity index (χ1n) is 12.5. The fraction of sp³-hybridized carbons (Fsp3) is 0.300. The van der Waals surface area contributed by atoms with Gasteiger partial charge in [-0.3, -0.25) is 9.36 Å². The van der Waals surface area contributed by atoms with Gasteiger partial charge in [-0.1, -0.05) is 41.7 Å². The Morgan fingerprint density at radius 2 is 1.97 bits per heavy atom. The zero-order valence-corrected chi connectivity index (χ0v) is 23.1. The molecule has 8 heteroatoms. The van der Waals surface area contributed by atoms with Gasteiger partial charge in [-0.2, -0.15) is 0 Å². The van der Waals surface area contributed by atoms with Crippen LogP contribution in [0.4, 0.5) is 0 Å². The molecule has 4 rings (SSSR count). The molecule has 0 radical (unpaired) electrons. The second-order valence-corrected chi connectivity index (χ2v) is 10.1. The lowest BCUT2D eigenvalue weighted by Gasteiger charge is -2.26. The van der Waals surface area contributed by atoms with Crippen molar-refractivity contribution in [2.75, 3.05) is 13.7 Å². The van der Waals surface area contributed by atoms with Gasteiger partial charge in [0.05, 0.1) is 35.6 Å². The Hall–Kier alpha value is -3.91. The van der Waals surface area contributed by atoms with Gasteiger partial charge in [-0.15, -0.1) is 6.58 Å². The van der Waals surface area contributed by atoms with Crippen LogP contribution in [0.5, 0.6) is 11.5 Å². The molecule has 0 saturated carbocycles. The Morgan fingerprint density at radius 1 is 1.21 bits per heavy atom. The summed E-state index contributed by atoms with van der Waals surface area (Å²) in [6.45, 7) is 11.4. The highest BCUT2D eigenvalue weighted by Gasteiger charge is 2.35. The van der Waals surface area contributed by atoms with Gasteiger partial charge in [0.15, 0.2) is 4.80 Å². The third-order valence-corrected chi connectivity index (χ3v) is 7.04. The van der Waals surface area contributed by atoms with Crippen molar-refractivity contribution in [1.29, 1.82) is 0 Å². The van der Waals surface area contributed by atoms with Crippen LogP contribution in [0.25, 0.3) is 6.08 Å². The van der Waals surface area contributed by atoms with E-state index in [9.17, 15) is 9.59 Å². The van der Waals surface area contributed by atoms with Gasteiger partial charge in [-0.05, 0) is 69.5 Å². The third kappa shape index (κ3) is 5.36. The van der Waals surface area contributed by atoms with Crippen LogP contribution in [0.2, 0.25) is 0 Å². The van der Waals surface area contributed by atoms with Gasteiger partial charge in [0.1, 0.15) is 17.5 Å². The van der Waals surface area contributed by atoms with Crippen molar-refractivity contribution in [2.24, 2.45) is 4.99 Å². The van der Waals surface area contributed by atoms with Crippen molar-refractivity contribution in [1.82, 2.24) is 4.57 Å². The zero-order chi connectivity index (χ0) is 27.4. The summed E-state index contributed by atoms with van der Waals surface area (Å²) in [4.78, 5) is 32.3. The van der Waals surface area contributed by atoms with Crippen LogP contribution < -0.4 is 24.4 Å². The molecule has 0 fully saturated rings. The zero-order valence-electron chi connectivity index (χ0n) is 22.3. The van der Waals surface area contributed by atoms with Crippen molar-refractivity contribution < 1.29 is 19.0 Å². The summed E-state index contributed by atoms with van der Waals surface area (Å²) in [6, 6.07) is 12.5. The number of fused-ring (bicyclic) bond motifs is 1. The highest BCUT2D eigenvalue weighted by molar-refractivity contribution is 7.07. The lowest BCUT2D eigenvalue weighted by molar-refractivity contribution is -0.139. The van der Waals surface area contributed by atoms with Crippen LogP contribution in [-0.2, 0) is 16.0 Å². The van der Waals surface area contributed by atoms with E-state index in [-0.39, 0.29) is 18.3 Å². The minimum absolute atomic E-state index is 0.0945. The SMILES string of the molecule is C=CCc1cc(/C=c2/sc3n(c2=O)[C@@H](c2ccccc2OC(C)C)C(C(=O)OCC)=C(C)N=3)ccc1OC. The normalized spacial score (nSPS) is 15.2. The predicted octanol–water partition coefficient (Wildman–Crippen LogP) is 4.32. The fourth-order valence-corrected chi connectivity index (χ4v) is 5.55. The molecule has 2 heterocycles. The van der Waals surface area contributed by atoms with Crippen LogP contribution in [0.3, 0.4) is 0 Å². The molecule has 0 aliphatic carbocycles. The first-order valence-corrected chi connectivity index (χ1v) is 13.3. The summed E-state index contributed by atoms with van der Waals surface area (Å²) in [5.41, 5.74) is 3.12. The summed E-state index contributed by atoms with van der Waals surface area (Å²) in [6.07, 6.45) is 4.20. The number of carbonyl (C=O) groups excluding carboxylic acids is 1. The summed E-state index contributed by atoms with van der Waals surface area (Å²) < 4.78 is 19.0. The average Bonchev–Trinajstić information content (AvgIpc) is 3.18. The van der Waals surface area contributed by atoms with Crippen LogP contribution in [0.15, 0.2) is 76.2 Å². The number of allylic oxidation sites excluding steroid dienone is 2. The molecule has 1 aromatic heterocycles. The third-order valence-electron chi connectivity index (χ3n) is 6.06. The number of thiazole rings is 1. The average molecular weight is 533 g/mol. The largest absolute Gasteiger partial charge is 0.496 e. The van der Waals surface area contributed by atoms with Gasteiger partial charge in [-0.25, -0.2) is 9.79 Å². The maximum absolute atomic E-state index is 13.9. The Bertz CT molecular complexity index is 1580. The van der Waals surface area contributed by atoms with Crippen LogP contribution in [-0.4, -0.2) is 30.4 Å². The number of nitrogens with zero attached hydrogens (tertiary/aromatic N) is 2. The Balaban J connectivity index is 1.95. The van der Waals surface area contributed by atoms with E-state index in [2.05, 4.69) is 11.6 Å². The molecule has 0 bridgehead atoms. The van der Waals surface area contributed by atoms with Crippen molar-refractivity contribution in [2.45, 2.75) is 46.3 Å². The molecule has 1 aliphatic rings. The molecule has 0 saturated heterocycles. The molecule has 38 heavy (non-hydrogen) atoms. The maximum atomic E-state index is 13.9. The summed E-state index contributed by atoms with van der Waals surface area (Å²) in [7, 11) is 1.63. The van der Waals surface area contributed by atoms with Crippen molar-refractivity contribution in [3.63, 3.8) is 0 Å². The fourth-order valence-electron chi connectivity index (χ4n) is 4.51. The quantitative estimate of drug-likeness (QED) is 0.303. The highest BCUT2D eigenvalue weighted by atomic mass is 32.1. The Labute approximate surface area is 226 Å². The van der Waals surface area contributed by atoms with Gasteiger partial charge >= 0.3 is 5.97 Å². The van der Waals surface area contributed by atoms with E-state index in [1.165, 1.54) is 11.3 Å². The molecule has 2 aromatic carbocycles. The number of hydrogen-bond acceptors (Lipinski definition) is 7. The first kappa shape index (κ1) is 27.1. The Morgan fingerprint density at radius 3 is 2.66 bits per heavy atom. The molecular weight excluding hydrogens is 500 g/mol. The minimum atomic E-state index is -0.741. The van der Waals surface area contributed by atoms with Crippen molar-refractivity contribution in [3.05, 3.63) is 103 Å². The van der Waals surface area contributed by atoms with Crippen molar-refractivity contribution >= 4 is 23.4 Å². The molecule has 1 aliphatic heterocycles. The number of carbonyl (C=O) groups is 1. The molecule has 3 aromatic rings. The van der Waals surface area contributed by atoms with Gasteiger partial charge in [0.25, 0.3) is 5.56 Å². The van der Waals surface area contributed by atoms with Gasteiger partial charge < -0.3 is 14.2 Å². The lowest BCUT2D eigenvalue weighted by atomic mass is 9.95. The second kappa shape index (κ2) is 11.6. The number of ether oxygens (including phenoxy) is 3. The number of rotatable bonds is 9. The molecule has 7 nitrogen and oxygen atoms in total. The molecular formula is C30H32N2O5S. The monoisotopic (exact) mass is 532 g/mol. The molecule has 0 amide bonds. The van der Waals surface area contributed by atoms with Crippen molar-refractivity contribution in [3.8, 4) is 11.5 Å². The van der Waals surface area contributed by atoms with E-state index in [1.807, 2.05) is 68.5 Å². The lowest BCUT2D eigenvalue weighted by Crippen LogP contribution is -2.40.